The van der Waals surface area contributed by atoms with Crippen LogP contribution in [-0.2, 0) is 14.8 Å². The fraction of sp³-hybridized carbons (Fsp3) is 0.222. The third kappa shape index (κ3) is 4.07. The summed E-state index contributed by atoms with van der Waals surface area (Å²) in [6, 6.07) is 4.09. The van der Waals surface area contributed by atoms with Crippen molar-refractivity contribution in [3.8, 4) is 0 Å². The Hall–Kier alpha value is -0.980. The molecule has 17 heavy (non-hydrogen) atoms. The second kappa shape index (κ2) is 5.12. The number of hydrogen-bond donors (Lipinski definition) is 1. The third-order valence-corrected chi connectivity index (χ3v) is 3.39. The summed E-state index contributed by atoms with van der Waals surface area (Å²) in [5.41, 5.74) is 0.118. The molecule has 1 aromatic rings. The van der Waals surface area contributed by atoms with Crippen LogP contribution in [-0.4, -0.2) is 32.3 Å². The van der Waals surface area contributed by atoms with Gasteiger partial charge in [-0.3, -0.25) is 9.10 Å². The van der Waals surface area contributed by atoms with Crippen molar-refractivity contribution in [1.29, 1.82) is 0 Å². The molecule has 0 aliphatic rings. The van der Waals surface area contributed by atoms with Gasteiger partial charge >= 0.3 is 5.97 Å². The van der Waals surface area contributed by atoms with Crippen LogP contribution >= 0.6 is 23.2 Å². The van der Waals surface area contributed by atoms with Crippen LogP contribution in [0.15, 0.2) is 18.2 Å². The molecule has 0 fully saturated rings. The Bertz CT molecular complexity index is 524. The van der Waals surface area contributed by atoms with E-state index in [-0.39, 0.29) is 15.7 Å². The molecule has 5 nitrogen and oxygen atoms in total. The molecular weight excluding hydrogens is 289 g/mol. The van der Waals surface area contributed by atoms with Crippen LogP contribution < -0.4 is 4.31 Å². The third-order valence-electron chi connectivity index (χ3n) is 1.81. The van der Waals surface area contributed by atoms with E-state index in [9.17, 15) is 13.2 Å². The number of aliphatic carboxylic acids is 1. The zero-order chi connectivity index (χ0) is 13.2. The van der Waals surface area contributed by atoms with E-state index in [1.54, 1.807) is 0 Å². The Kier molecular flexibility index (Phi) is 4.24. The molecule has 0 radical (unpaired) electrons. The summed E-state index contributed by atoms with van der Waals surface area (Å²) < 4.78 is 23.6. The zero-order valence-electron chi connectivity index (χ0n) is 8.72. The first-order chi connectivity index (χ1) is 7.70. The van der Waals surface area contributed by atoms with Gasteiger partial charge in [0.2, 0.25) is 10.0 Å². The molecule has 0 amide bonds. The van der Waals surface area contributed by atoms with Gasteiger partial charge in [0.15, 0.2) is 0 Å². The largest absolute Gasteiger partial charge is 0.480 e. The lowest BCUT2D eigenvalue weighted by atomic mass is 10.3. The average Bonchev–Trinajstić information content (AvgIpc) is 2.10. The fourth-order valence-electron chi connectivity index (χ4n) is 1.21. The topological polar surface area (TPSA) is 74.7 Å². The van der Waals surface area contributed by atoms with Crippen LogP contribution in [0.4, 0.5) is 5.69 Å². The maximum absolute atomic E-state index is 11.5. The minimum Gasteiger partial charge on any atom is -0.480 e. The highest BCUT2D eigenvalue weighted by Gasteiger charge is 2.21. The molecular formula is C9H9Cl2NO4S. The predicted octanol–water partition coefficient (Wildman–Crippen LogP) is 1.84. The zero-order valence-corrected chi connectivity index (χ0v) is 11.1. The van der Waals surface area contributed by atoms with Gasteiger partial charge in [0.1, 0.15) is 6.54 Å². The molecule has 94 valence electrons. The van der Waals surface area contributed by atoms with E-state index in [1.807, 2.05) is 0 Å². The van der Waals surface area contributed by atoms with Gasteiger partial charge in [-0.2, -0.15) is 0 Å². The van der Waals surface area contributed by atoms with Crippen LogP contribution in [0, 0.1) is 0 Å². The number of benzene rings is 1. The SMILES string of the molecule is CS(=O)(=O)N(CC(=O)O)c1cc(Cl)cc(Cl)c1. The van der Waals surface area contributed by atoms with Gasteiger partial charge < -0.3 is 5.11 Å². The van der Waals surface area contributed by atoms with Crippen molar-refractivity contribution >= 4 is 44.9 Å². The Morgan fingerprint density at radius 3 is 2.12 bits per heavy atom. The summed E-state index contributed by atoms with van der Waals surface area (Å²) in [5, 5.41) is 9.13. The van der Waals surface area contributed by atoms with E-state index < -0.39 is 22.5 Å². The van der Waals surface area contributed by atoms with Gasteiger partial charge in [-0.15, -0.1) is 0 Å². The number of halogens is 2. The number of sulfonamides is 1. The normalized spacial score (nSPS) is 11.2. The van der Waals surface area contributed by atoms with Gasteiger partial charge in [0.25, 0.3) is 0 Å². The number of hydrogen-bond acceptors (Lipinski definition) is 3. The van der Waals surface area contributed by atoms with Crippen LogP contribution in [0.1, 0.15) is 0 Å². The van der Waals surface area contributed by atoms with Crippen molar-refractivity contribution in [2.24, 2.45) is 0 Å². The standard InChI is InChI=1S/C9H9Cl2NO4S/c1-17(15,16)12(5-9(13)14)8-3-6(10)2-7(11)4-8/h2-4H,5H2,1H3,(H,13,14). The fourth-order valence-corrected chi connectivity index (χ4v) is 2.55. The first-order valence-electron chi connectivity index (χ1n) is 4.36. The lowest BCUT2D eigenvalue weighted by Crippen LogP contribution is -2.34. The lowest BCUT2D eigenvalue weighted by Gasteiger charge is -2.20. The molecule has 0 spiro atoms. The van der Waals surface area contributed by atoms with Gasteiger partial charge in [-0.05, 0) is 18.2 Å². The monoisotopic (exact) mass is 297 g/mol. The molecule has 8 heteroatoms. The Labute approximate surface area is 109 Å². The van der Waals surface area contributed by atoms with E-state index in [4.69, 9.17) is 28.3 Å². The molecule has 1 N–H and O–H groups in total. The van der Waals surface area contributed by atoms with E-state index in [0.717, 1.165) is 6.26 Å². The molecule has 0 aliphatic heterocycles. The number of carboxylic acid groups (broad SMARTS) is 1. The van der Waals surface area contributed by atoms with E-state index in [1.165, 1.54) is 18.2 Å². The summed E-state index contributed by atoms with van der Waals surface area (Å²) in [6.45, 7) is -0.685. The number of carboxylic acids is 1. The van der Waals surface area contributed by atoms with Crippen LogP contribution in [0.5, 0.6) is 0 Å². The summed E-state index contributed by atoms with van der Waals surface area (Å²) >= 11 is 11.5. The van der Waals surface area contributed by atoms with Crippen molar-refractivity contribution in [1.82, 2.24) is 0 Å². The van der Waals surface area contributed by atoms with E-state index in [2.05, 4.69) is 0 Å². The minimum absolute atomic E-state index is 0.118. The van der Waals surface area contributed by atoms with E-state index in [0.29, 0.717) is 4.31 Å². The van der Waals surface area contributed by atoms with Crippen LogP contribution in [0.2, 0.25) is 10.0 Å². The maximum atomic E-state index is 11.5. The van der Waals surface area contributed by atoms with Crippen molar-refractivity contribution in [3.63, 3.8) is 0 Å². The molecule has 1 rings (SSSR count). The Balaban J connectivity index is 3.27. The molecule has 0 aliphatic carbocycles. The first kappa shape index (κ1) is 14.1. The quantitative estimate of drug-likeness (QED) is 0.920. The molecule has 0 atom stereocenters. The second-order valence-electron chi connectivity index (χ2n) is 3.29. The van der Waals surface area contributed by atoms with Gasteiger partial charge in [-0.25, -0.2) is 8.42 Å². The maximum Gasteiger partial charge on any atom is 0.324 e. The number of rotatable bonds is 4. The van der Waals surface area contributed by atoms with E-state index >= 15 is 0 Å². The summed E-state index contributed by atoms with van der Waals surface area (Å²) in [5.74, 6) is -1.27. The molecule has 0 bridgehead atoms. The highest BCUT2D eigenvalue weighted by molar-refractivity contribution is 7.92. The van der Waals surface area contributed by atoms with Crippen molar-refractivity contribution in [3.05, 3.63) is 28.2 Å². The summed E-state index contributed by atoms with van der Waals surface area (Å²) in [6.07, 6.45) is 0.907. The van der Waals surface area contributed by atoms with Gasteiger partial charge in [0, 0.05) is 10.0 Å². The Morgan fingerprint density at radius 2 is 1.76 bits per heavy atom. The first-order valence-corrected chi connectivity index (χ1v) is 6.96. The minimum atomic E-state index is -3.71. The van der Waals surface area contributed by atoms with Gasteiger partial charge in [0.05, 0.1) is 11.9 Å². The van der Waals surface area contributed by atoms with Crippen molar-refractivity contribution in [2.45, 2.75) is 0 Å². The highest BCUT2D eigenvalue weighted by Crippen LogP contribution is 2.26. The number of nitrogens with zero attached hydrogens (tertiary/aromatic N) is 1. The van der Waals surface area contributed by atoms with Gasteiger partial charge in [-0.1, -0.05) is 23.2 Å². The van der Waals surface area contributed by atoms with Crippen molar-refractivity contribution < 1.29 is 18.3 Å². The Morgan fingerprint density at radius 1 is 1.29 bits per heavy atom. The molecule has 0 heterocycles. The second-order valence-corrected chi connectivity index (χ2v) is 6.07. The predicted molar refractivity (Wildman–Crippen MR) is 66.3 cm³/mol. The smallest absolute Gasteiger partial charge is 0.324 e. The highest BCUT2D eigenvalue weighted by atomic mass is 35.5. The summed E-state index contributed by atoms with van der Waals surface area (Å²) in [4.78, 5) is 10.6. The molecule has 1 aromatic carbocycles. The van der Waals surface area contributed by atoms with Crippen molar-refractivity contribution in [2.75, 3.05) is 17.1 Å². The van der Waals surface area contributed by atoms with Crippen LogP contribution in [0.3, 0.4) is 0 Å². The average molecular weight is 298 g/mol. The van der Waals surface area contributed by atoms with Crippen LogP contribution in [0.25, 0.3) is 0 Å². The summed E-state index contributed by atoms with van der Waals surface area (Å²) in [7, 11) is -3.71. The number of anilines is 1. The number of carbonyl (C=O) groups is 1. The molecule has 0 unspecified atom stereocenters. The lowest BCUT2D eigenvalue weighted by molar-refractivity contribution is -0.135. The molecule has 0 saturated carbocycles. The molecule has 0 saturated heterocycles. The molecule has 0 aromatic heterocycles.